The molecule has 1 aromatic heterocycles. The van der Waals surface area contributed by atoms with E-state index in [1.165, 1.54) is 0 Å². The normalized spacial score (nSPS) is 16.0. The fraction of sp³-hybridized carbons (Fsp3) is 0.333. The molecule has 3 aromatic rings. The van der Waals surface area contributed by atoms with E-state index in [0.717, 1.165) is 17.2 Å². The van der Waals surface area contributed by atoms with Gasteiger partial charge in [0.2, 0.25) is 5.91 Å². The SMILES string of the molecule is CS(=O)(=O)OCC1CCN(C(=O)[C@H](NC(=O)c2ccc3cc[nH]c3c2)c2ccccc2)CC1. The minimum Gasteiger partial charge on any atom is -0.361 e. The number of hydrogen-bond acceptors (Lipinski definition) is 5. The van der Waals surface area contributed by atoms with E-state index in [2.05, 4.69) is 10.3 Å². The summed E-state index contributed by atoms with van der Waals surface area (Å²) in [5.41, 5.74) is 2.03. The second-order valence-corrected chi connectivity index (χ2v) is 10.00. The van der Waals surface area contributed by atoms with Crippen LogP contribution in [-0.2, 0) is 19.1 Å². The number of benzene rings is 2. The number of fused-ring (bicyclic) bond motifs is 1. The van der Waals surface area contributed by atoms with Gasteiger partial charge < -0.3 is 15.2 Å². The van der Waals surface area contributed by atoms with Gasteiger partial charge in [0, 0.05) is 30.4 Å². The molecule has 33 heavy (non-hydrogen) atoms. The van der Waals surface area contributed by atoms with E-state index in [1.807, 2.05) is 48.7 Å². The maximum Gasteiger partial charge on any atom is 0.264 e. The first-order valence-corrected chi connectivity index (χ1v) is 12.7. The maximum atomic E-state index is 13.4. The van der Waals surface area contributed by atoms with Crippen LogP contribution in [0.15, 0.2) is 60.8 Å². The fourth-order valence-electron chi connectivity index (χ4n) is 4.06. The summed E-state index contributed by atoms with van der Waals surface area (Å²) in [6.45, 7) is 1.08. The Kier molecular flexibility index (Phi) is 6.80. The van der Waals surface area contributed by atoms with E-state index < -0.39 is 16.2 Å². The number of amides is 2. The molecule has 1 saturated heterocycles. The lowest BCUT2D eigenvalue weighted by atomic mass is 9.96. The first-order valence-electron chi connectivity index (χ1n) is 10.9. The van der Waals surface area contributed by atoms with Crippen LogP contribution in [0.4, 0.5) is 0 Å². The van der Waals surface area contributed by atoms with E-state index >= 15 is 0 Å². The number of likely N-dealkylation sites (tertiary alicyclic amines) is 1. The predicted molar refractivity (Wildman–Crippen MR) is 125 cm³/mol. The lowest BCUT2D eigenvalue weighted by molar-refractivity contribution is -0.135. The summed E-state index contributed by atoms with van der Waals surface area (Å²) in [6.07, 6.45) is 4.13. The third-order valence-corrected chi connectivity index (χ3v) is 6.48. The van der Waals surface area contributed by atoms with Crippen LogP contribution in [0.3, 0.4) is 0 Å². The molecule has 0 aliphatic carbocycles. The van der Waals surface area contributed by atoms with Crippen LogP contribution >= 0.6 is 0 Å². The molecular weight excluding hydrogens is 442 g/mol. The van der Waals surface area contributed by atoms with Gasteiger partial charge in [0.15, 0.2) is 0 Å². The van der Waals surface area contributed by atoms with Crippen molar-refractivity contribution in [3.63, 3.8) is 0 Å². The monoisotopic (exact) mass is 469 g/mol. The Balaban J connectivity index is 1.47. The summed E-state index contributed by atoms with van der Waals surface area (Å²) >= 11 is 0. The molecule has 1 atom stereocenters. The largest absolute Gasteiger partial charge is 0.361 e. The van der Waals surface area contributed by atoms with Crippen molar-refractivity contribution in [2.75, 3.05) is 26.0 Å². The molecule has 1 aliphatic heterocycles. The van der Waals surface area contributed by atoms with Crippen molar-refractivity contribution < 1.29 is 22.2 Å². The van der Waals surface area contributed by atoms with Crippen LogP contribution in [0, 0.1) is 5.92 Å². The highest BCUT2D eigenvalue weighted by Crippen LogP contribution is 2.23. The highest BCUT2D eigenvalue weighted by Gasteiger charge is 2.31. The van der Waals surface area contributed by atoms with Crippen molar-refractivity contribution in [3.8, 4) is 0 Å². The molecule has 1 fully saturated rings. The van der Waals surface area contributed by atoms with Crippen LogP contribution in [0.5, 0.6) is 0 Å². The third-order valence-electron chi connectivity index (χ3n) is 5.92. The fourth-order valence-corrected chi connectivity index (χ4v) is 4.50. The predicted octanol–water partition coefficient (Wildman–Crippen LogP) is 2.85. The molecule has 0 bridgehead atoms. The number of piperidine rings is 1. The van der Waals surface area contributed by atoms with E-state index in [1.54, 1.807) is 17.0 Å². The summed E-state index contributed by atoms with van der Waals surface area (Å²) in [5.74, 6) is -0.441. The van der Waals surface area contributed by atoms with Gasteiger partial charge >= 0.3 is 0 Å². The van der Waals surface area contributed by atoms with Crippen molar-refractivity contribution in [3.05, 3.63) is 71.9 Å². The number of nitrogens with zero attached hydrogens (tertiary/aromatic N) is 1. The van der Waals surface area contributed by atoms with Crippen LogP contribution in [0.25, 0.3) is 10.9 Å². The van der Waals surface area contributed by atoms with Crippen LogP contribution in [-0.4, -0.2) is 56.1 Å². The number of H-pyrrole nitrogens is 1. The average molecular weight is 470 g/mol. The van der Waals surface area contributed by atoms with Crippen LogP contribution in [0.2, 0.25) is 0 Å². The zero-order valence-electron chi connectivity index (χ0n) is 18.4. The molecule has 1 aliphatic rings. The highest BCUT2D eigenvalue weighted by molar-refractivity contribution is 7.85. The first-order chi connectivity index (χ1) is 15.8. The van der Waals surface area contributed by atoms with Gasteiger partial charge in [-0.1, -0.05) is 36.4 Å². The number of aromatic amines is 1. The Morgan fingerprint density at radius 2 is 1.85 bits per heavy atom. The smallest absolute Gasteiger partial charge is 0.264 e. The molecule has 2 heterocycles. The molecule has 2 aromatic carbocycles. The number of hydrogen-bond donors (Lipinski definition) is 2. The zero-order valence-corrected chi connectivity index (χ0v) is 19.2. The molecule has 2 N–H and O–H groups in total. The standard InChI is InChI=1S/C24H27N3O5S/c1-33(30,31)32-16-17-10-13-27(14-11-17)24(29)22(19-5-3-2-4-6-19)26-23(28)20-8-7-18-9-12-25-21(18)15-20/h2-9,12,15,17,22,25H,10-11,13-14,16H2,1H3,(H,26,28)/t22-/m1/s1. The molecule has 2 amide bonds. The van der Waals surface area contributed by atoms with Gasteiger partial charge in [-0.25, -0.2) is 0 Å². The molecule has 4 rings (SSSR count). The number of carbonyl (C=O) groups is 2. The summed E-state index contributed by atoms with van der Waals surface area (Å²) in [5, 5.41) is 3.92. The third kappa shape index (κ3) is 5.80. The Morgan fingerprint density at radius 1 is 1.12 bits per heavy atom. The van der Waals surface area contributed by atoms with Gasteiger partial charge in [-0.05, 0) is 47.9 Å². The molecule has 0 saturated carbocycles. The Labute approximate surface area is 193 Å². The number of aromatic nitrogens is 1. The van der Waals surface area contributed by atoms with E-state index in [4.69, 9.17) is 4.18 Å². The lowest BCUT2D eigenvalue weighted by Crippen LogP contribution is -2.46. The number of nitrogens with one attached hydrogen (secondary N) is 2. The maximum absolute atomic E-state index is 13.4. The Hall–Kier alpha value is -3.17. The summed E-state index contributed by atoms with van der Waals surface area (Å²) in [7, 11) is -3.48. The van der Waals surface area contributed by atoms with Crippen LogP contribution in [0.1, 0.15) is 34.8 Å². The Morgan fingerprint density at radius 3 is 2.55 bits per heavy atom. The van der Waals surface area contributed by atoms with E-state index in [-0.39, 0.29) is 24.3 Å². The minimum atomic E-state index is -3.48. The van der Waals surface area contributed by atoms with Crippen molar-refractivity contribution in [2.45, 2.75) is 18.9 Å². The van der Waals surface area contributed by atoms with E-state index in [9.17, 15) is 18.0 Å². The molecule has 0 spiro atoms. The van der Waals surface area contributed by atoms with Crippen molar-refractivity contribution in [2.24, 2.45) is 5.92 Å². The number of rotatable bonds is 7. The molecule has 174 valence electrons. The van der Waals surface area contributed by atoms with Gasteiger partial charge in [0.1, 0.15) is 6.04 Å². The van der Waals surface area contributed by atoms with Gasteiger partial charge in [-0.15, -0.1) is 0 Å². The van der Waals surface area contributed by atoms with Crippen molar-refractivity contribution in [1.29, 1.82) is 0 Å². The second kappa shape index (κ2) is 9.76. The molecule has 8 nitrogen and oxygen atoms in total. The zero-order chi connectivity index (χ0) is 23.4. The minimum absolute atomic E-state index is 0.0704. The van der Waals surface area contributed by atoms with Crippen LogP contribution < -0.4 is 5.32 Å². The average Bonchev–Trinajstić information content (AvgIpc) is 3.29. The topological polar surface area (TPSA) is 109 Å². The van der Waals surface area contributed by atoms with Crippen molar-refractivity contribution in [1.82, 2.24) is 15.2 Å². The first kappa shape index (κ1) is 23.0. The number of carbonyl (C=O) groups excluding carboxylic acids is 2. The summed E-state index contributed by atoms with van der Waals surface area (Å²) in [6, 6.07) is 15.7. The Bertz CT molecular complexity index is 1230. The summed E-state index contributed by atoms with van der Waals surface area (Å²) in [4.78, 5) is 31.3. The molecule has 9 heteroatoms. The summed E-state index contributed by atoms with van der Waals surface area (Å²) < 4.78 is 27.4. The van der Waals surface area contributed by atoms with E-state index in [0.29, 0.717) is 37.1 Å². The lowest BCUT2D eigenvalue weighted by Gasteiger charge is -2.34. The quantitative estimate of drug-likeness (QED) is 0.517. The van der Waals surface area contributed by atoms with Gasteiger partial charge in [-0.2, -0.15) is 8.42 Å². The van der Waals surface area contributed by atoms with Gasteiger partial charge in [0.05, 0.1) is 12.9 Å². The van der Waals surface area contributed by atoms with Crippen molar-refractivity contribution >= 4 is 32.8 Å². The van der Waals surface area contributed by atoms with Gasteiger partial charge in [0.25, 0.3) is 16.0 Å². The molecule has 0 unspecified atom stereocenters. The second-order valence-electron chi connectivity index (χ2n) is 8.35. The highest BCUT2D eigenvalue weighted by atomic mass is 32.2. The van der Waals surface area contributed by atoms with Gasteiger partial charge in [-0.3, -0.25) is 13.8 Å². The molecule has 0 radical (unpaired) electrons. The molecular formula is C24H27N3O5S.